The topological polar surface area (TPSA) is 123 Å². The molecule has 7 nitrogen and oxygen atoms in total. The molecule has 7 heteroatoms. The Morgan fingerprint density at radius 1 is 0.692 bits per heavy atom. The Balaban J connectivity index is 4.97. The van der Waals surface area contributed by atoms with Crippen LogP contribution in [0.4, 0.5) is 0 Å². The highest BCUT2D eigenvalue weighted by Crippen LogP contribution is 2.31. The van der Waals surface area contributed by atoms with E-state index < -0.39 is 5.41 Å². The third-order valence-electron chi connectivity index (χ3n) is 3.83. The molecular weight excluding hydrogens is 332 g/mol. The molecule has 0 aliphatic heterocycles. The molecule has 142 valence electrons. The summed E-state index contributed by atoms with van der Waals surface area (Å²) in [5, 5.41) is 34.8. The average Bonchev–Trinajstić information content (AvgIpc) is 2.64. The van der Waals surface area contributed by atoms with Gasteiger partial charge in [0.05, 0.1) is 83.2 Å². The van der Waals surface area contributed by atoms with Crippen molar-refractivity contribution in [3.8, 4) is 24.3 Å². The summed E-state index contributed by atoms with van der Waals surface area (Å²) < 4.78 is 17.0. The third kappa shape index (κ3) is 12.2. The van der Waals surface area contributed by atoms with Gasteiger partial charge in [0.1, 0.15) is 0 Å². The second-order valence-electron chi connectivity index (χ2n) is 6.39. The van der Waals surface area contributed by atoms with Gasteiger partial charge in [-0.05, 0) is 18.8 Å². The van der Waals surface area contributed by atoms with Gasteiger partial charge < -0.3 is 14.2 Å². The lowest BCUT2D eigenvalue weighted by atomic mass is 9.80. The van der Waals surface area contributed by atoms with Crippen molar-refractivity contribution in [1.29, 1.82) is 21.0 Å². The maximum atomic E-state index is 8.80. The molecular formula is C19H28N4O3. The predicted octanol–water partition coefficient (Wildman–Crippen LogP) is 3.09. The molecule has 0 aliphatic carbocycles. The van der Waals surface area contributed by atoms with Crippen LogP contribution in [0.3, 0.4) is 0 Å². The molecule has 0 spiro atoms. The van der Waals surface area contributed by atoms with Crippen LogP contribution in [-0.4, -0.2) is 39.6 Å². The summed E-state index contributed by atoms with van der Waals surface area (Å²) in [4.78, 5) is 0. The molecule has 0 radical (unpaired) electrons. The summed E-state index contributed by atoms with van der Waals surface area (Å²) in [6, 6.07) is 8.30. The summed E-state index contributed by atoms with van der Waals surface area (Å²) >= 11 is 0. The van der Waals surface area contributed by atoms with Crippen molar-refractivity contribution in [3.05, 3.63) is 0 Å². The smallest absolute Gasteiger partial charge is 0.0645 e. The van der Waals surface area contributed by atoms with Gasteiger partial charge in [-0.1, -0.05) is 6.92 Å². The highest BCUT2D eigenvalue weighted by Gasteiger charge is 2.33. The van der Waals surface area contributed by atoms with Crippen molar-refractivity contribution in [1.82, 2.24) is 0 Å². The molecule has 0 aromatic rings. The number of nitrogens with zero attached hydrogens (tertiary/aromatic N) is 4. The van der Waals surface area contributed by atoms with Crippen LogP contribution in [0, 0.1) is 56.7 Å². The second kappa shape index (κ2) is 16.3. The lowest BCUT2D eigenvalue weighted by Crippen LogP contribution is -2.39. The van der Waals surface area contributed by atoms with Crippen LogP contribution in [0.2, 0.25) is 0 Å². The summed E-state index contributed by atoms with van der Waals surface area (Å²) in [6.45, 7) is 4.18. The van der Waals surface area contributed by atoms with E-state index in [0.717, 1.165) is 12.8 Å². The van der Waals surface area contributed by atoms with Crippen LogP contribution >= 0.6 is 0 Å². The van der Waals surface area contributed by atoms with Crippen LogP contribution in [0.25, 0.3) is 0 Å². The van der Waals surface area contributed by atoms with Gasteiger partial charge in [-0.2, -0.15) is 21.0 Å². The Bertz CT molecular complexity index is 470. The third-order valence-corrected chi connectivity index (χ3v) is 3.83. The first-order chi connectivity index (χ1) is 12.6. The van der Waals surface area contributed by atoms with E-state index in [2.05, 4.69) is 13.0 Å². The average molecular weight is 360 g/mol. The molecule has 0 aromatic carbocycles. The van der Waals surface area contributed by atoms with Crippen molar-refractivity contribution in [3.63, 3.8) is 0 Å². The molecule has 0 saturated carbocycles. The van der Waals surface area contributed by atoms with E-state index in [4.69, 9.17) is 35.3 Å². The highest BCUT2D eigenvalue weighted by molar-refractivity contribution is 4.84. The summed E-state index contributed by atoms with van der Waals surface area (Å²) in [5.41, 5.74) is -0.435. The molecule has 0 rings (SSSR count). The van der Waals surface area contributed by atoms with Crippen LogP contribution in [-0.2, 0) is 14.2 Å². The van der Waals surface area contributed by atoms with E-state index in [9.17, 15) is 0 Å². The first-order valence-electron chi connectivity index (χ1n) is 8.85. The first-order valence-corrected chi connectivity index (χ1v) is 8.85. The van der Waals surface area contributed by atoms with Crippen molar-refractivity contribution >= 4 is 0 Å². The Hall–Kier alpha value is -2.16. The Morgan fingerprint density at radius 2 is 1.08 bits per heavy atom. The van der Waals surface area contributed by atoms with Crippen molar-refractivity contribution in [2.24, 2.45) is 11.3 Å². The van der Waals surface area contributed by atoms with Crippen molar-refractivity contribution in [2.75, 3.05) is 39.6 Å². The quantitative estimate of drug-likeness (QED) is 0.387. The fourth-order valence-electron chi connectivity index (χ4n) is 2.67. The van der Waals surface area contributed by atoms with Gasteiger partial charge in [0.15, 0.2) is 0 Å². The van der Waals surface area contributed by atoms with Gasteiger partial charge in [0, 0.05) is 11.8 Å². The molecule has 0 aliphatic rings. The van der Waals surface area contributed by atoms with Crippen LogP contribution in [0.1, 0.15) is 45.4 Å². The van der Waals surface area contributed by atoms with Crippen molar-refractivity contribution < 1.29 is 14.2 Å². The Morgan fingerprint density at radius 3 is 1.42 bits per heavy atom. The Labute approximate surface area is 156 Å². The zero-order chi connectivity index (χ0) is 19.5. The molecule has 0 heterocycles. The summed E-state index contributed by atoms with van der Waals surface area (Å²) in [7, 11) is 0. The van der Waals surface area contributed by atoms with Gasteiger partial charge in [0.25, 0.3) is 0 Å². The number of hydrogen-bond donors (Lipinski definition) is 0. The summed E-state index contributed by atoms with van der Waals surface area (Å²) in [6.07, 6.45) is 2.92. The van der Waals surface area contributed by atoms with Gasteiger partial charge in [0.2, 0.25) is 0 Å². The zero-order valence-electron chi connectivity index (χ0n) is 15.6. The molecule has 0 N–H and O–H groups in total. The van der Waals surface area contributed by atoms with Crippen molar-refractivity contribution in [2.45, 2.75) is 45.4 Å². The molecule has 0 bridgehead atoms. The van der Waals surface area contributed by atoms with Gasteiger partial charge in [-0.15, -0.1) is 0 Å². The zero-order valence-corrected chi connectivity index (χ0v) is 15.6. The fraction of sp³-hybridized carbons (Fsp3) is 0.789. The molecule has 1 unspecified atom stereocenters. The van der Waals surface area contributed by atoms with Crippen LogP contribution in [0.15, 0.2) is 0 Å². The van der Waals surface area contributed by atoms with Gasteiger partial charge in [-0.25, -0.2) is 0 Å². The number of ether oxygens (including phenoxy) is 3. The number of rotatable bonds is 16. The predicted molar refractivity (Wildman–Crippen MR) is 94.2 cm³/mol. The Kier molecular flexibility index (Phi) is 15.0. The monoisotopic (exact) mass is 360 g/mol. The van der Waals surface area contributed by atoms with E-state index in [1.807, 2.05) is 18.2 Å². The molecule has 0 aromatic heterocycles. The van der Waals surface area contributed by atoms with Gasteiger partial charge in [-0.3, -0.25) is 0 Å². The first kappa shape index (κ1) is 23.8. The number of hydrogen-bond acceptors (Lipinski definition) is 7. The maximum Gasteiger partial charge on any atom is 0.0645 e. The fourth-order valence-corrected chi connectivity index (χ4v) is 2.67. The molecule has 1 atom stereocenters. The highest BCUT2D eigenvalue weighted by atomic mass is 16.5. The van der Waals surface area contributed by atoms with Crippen LogP contribution < -0.4 is 0 Å². The number of nitriles is 4. The minimum atomic E-state index is -0.435. The maximum absolute atomic E-state index is 8.80. The van der Waals surface area contributed by atoms with E-state index in [-0.39, 0.29) is 5.92 Å². The van der Waals surface area contributed by atoms with Gasteiger partial charge >= 0.3 is 0 Å². The molecule has 0 saturated heterocycles. The van der Waals surface area contributed by atoms with E-state index in [1.54, 1.807) is 0 Å². The van der Waals surface area contributed by atoms with Crippen LogP contribution in [0.5, 0.6) is 0 Å². The second-order valence-corrected chi connectivity index (χ2v) is 6.39. The molecule has 0 amide bonds. The lowest BCUT2D eigenvalue weighted by molar-refractivity contribution is -0.0781. The summed E-state index contributed by atoms with van der Waals surface area (Å²) in [5.74, 6) is 0.272. The largest absolute Gasteiger partial charge is 0.380 e. The van der Waals surface area contributed by atoms with E-state index in [1.165, 1.54) is 0 Å². The van der Waals surface area contributed by atoms with E-state index >= 15 is 0 Å². The minimum absolute atomic E-state index is 0.272. The minimum Gasteiger partial charge on any atom is -0.380 e. The van der Waals surface area contributed by atoms with E-state index in [0.29, 0.717) is 65.3 Å². The standard InChI is InChI=1S/C19H28N4O3/c1-18(6-2-7-20)14-19(15-24-11-3-8-21,16-25-12-4-9-22)17-26-13-5-10-23/h18H,2-6,11-17H2,1H3. The normalized spacial score (nSPS) is 11.7. The molecule has 0 fully saturated rings. The lowest BCUT2D eigenvalue weighted by Gasteiger charge is -2.35. The SMILES string of the molecule is CC(CCC#N)CC(COCCC#N)(COCCC#N)COCCC#N. The molecule has 26 heavy (non-hydrogen) atoms.